The molecule has 0 radical (unpaired) electrons. The van der Waals surface area contributed by atoms with Gasteiger partial charge in [0.15, 0.2) is 0 Å². The molecule has 6 heteroatoms. The summed E-state index contributed by atoms with van der Waals surface area (Å²) in [7, 11) is 1.92. The molecule has 112 valence electrons. The lowest BCUT2D eigenvalue weighted by molar-refractivity contribution is -0.118. The fraction of sp³-hybridized carbons (Fsp3) is 0.846. The number of nitrogens with two attached hydrogens (primary N) is 1. The maximum Gasteiger partial charge on any atom is 0.217 e. The largest absolute Gasteiger partial charge is 0.370 e. The van der Waals surface area contributed by atoms with Gasteiger partial charge in [-0.05, 0) is 19.9 Å². The summed E-state index contributed by atoms with van der Waals surface area (Å²) in [6.07, 6.45) is 4.16. The normalized spacial score (nSPS) is 25.3. The zero-order valence-electron chi connectivity index (χ0n) is 12.1. The van der Waals surface area contributed by atoms with Gasteiger partial charge in [0, 0.05) is 23.5 Å². The van der Waals surface area contributed by atoms with Gasteiger partial charge in [-0.15, -0.1) is 0 Å². The van der Waals surface area contributed by atoms with E-state index < -0.39 is 0 Å². The van der Waals surface area contributed by atoms with Crippen LogP contribution < -0.4 is 16.4 Å². The molecule has 1 rings (SSSR count). The van der Waals surface area contributed by atoms with Crippen LogP contribution in [0.3, 0.4) is 0 Å². The smallest absolute Gasteiger partial charge is 0.217 e. The van der Waals surface area contributed by atoms with Gasteiger partial charge in [-0.1, -0.05) is 20.3 Å². The van der Waals surface area contributed by atoms with E-state index >= 15 is 0 Å². The van der Waals surface area contributed by atoms with E-state index in [9.17, 15) is 9.59 Å². The van der Waals surface area contributed by atoms with Crippen molar-refractivity contribution in [3.63, 3.8) is 0 Å². The summed E-state index contributed by atoms with van der Waals surface area (Å²) >= 11 is 1.88. The second-order valence-electron chi connectivity index (χ2n) is 4.29. The number of hydrogen-bond donors (Lipinski definition) is 3. The predicted molar refractivity (Wildman–Crippen MR) is 81.1 cm³/mol. The van der Waals surface area contributed by atoms with Crippen LogP contribution in [-0.2, 0) is 9.59 Å². The van der Waals surface area contributed by atoms with Crippen LogP contribution >= 0.6 is 11.8 Å². The number of carbonyl (C=O) groups is 2. The molecular formula is C13H27N3O2S. The van der Waals surface area contributed by atoms with Crippen LogP contribution in [0.25, 0.3) is 0 Å². The van der Waals surface area contributed by atoms with E-state index in [-0.39, 0.29) is 11.9 Å². The summed E-state index contributed by atoms with van der Waals surface area (Å²) in [6, 6.07) is 0.530. The van der Waals surface area contributed by atoms with Crippen molar-refractivity contribution in [1.29, 1.82) is 0 Å². The highest BCUT2D eigenvalue weighted by atomic mass is 32.2. The summed E-state index contributed by atoms with van der Waals surface area (Å²) in [5.41, 5.74) is 5.10. The first-order valence-corrected chi connectivity index (χ1v) is 8.00. The summed E-state index contributed by atoms with van der Waals surface area (Å²) in [4.78, 5) is 21.1. The molecule has 0 bridgehead atoms. The van der Waals surface area contributed by atoms with Crippen molar-refractivity contribution >= 4 is 24.1 Å². The van der Waals surface area contributed by atoms with E-state index in [0.29, 0.717) is 17.7 Å². The standard InChI is InChI=1S/C11H21N3O2S.C2H6/c1-13-11-8(14-7-15)6-17-9(11)4-2-3-5-10(12)16;1-2/h7-9,11,13H,2-6H2,1H3,(H2,12,16)(H,14,15);1-2H3. The summed E-state index contributed by atoms with van der Waals surface area (Å²) in [5.74, 6) is 0.722. The minimum atomic E-state index is -0.227. The van der Waals surface area contributed by atoms with Gasteiger partial charge in [-0.3, -0.25) is 9.59 Å². The zero-order valence-corrected chi connectivity index (χ0v) is 13.0. The topological polar surface area (TPSA) is 84.2 Å². The Morgan fingerprint density at radius 1 is 1.42 bits per heavy atom. The van der Waals surface area contributed by atoms with E-state index in [0.717, 1.165) is 31.4 Å². The summed E-state index contributed by atoms with van der Waals surface area (Å²) < 4.78 is 0. The Hall–Kier alpha value is -0.750. The van der Waals surface area contributed by atoms with Crippen LogP contribution in [0, 0.1) is 0 Å². The Labute approximate surface area is 120 Å². The molecule has 0 spiro atoms. The maximum atomic E-state index is 10.6. The van der Waals surface area contributed by atoms with E-state index in [4.69, 9.17) is 5.73 Å². The number of primary amides is 1. The molecule has 2 amide bonds. The molecule has 1 heterocycles. The first kappa shape index (κ1) is 18.2. The molecular weight excluding hydrogens is 262 g/mol. The lowest BCUT2D eigenvalue weighted by atomic mass is 10.0. The van der Waals surface area contributed by atoms with E-state index in [1.165, 1.54) is 0 Å². The maximum absolute atomic E-state index is 10.6. The van der Waals surface area contributed by atoms with E-state index in [1.54, 1.807) is 0 Å². The fourth-order valence-corrected chi connectivity index (χ4v) is 3.85. The van der Waals surface area contributed by atoms with Crippen molar-refractivity contribution < 1.29 is 9.59 Å². The van der Waals surface area contributed by atoms with Crippen molar-refractivity contribution in [2.24, 2.45) is 5.73 Å². The minimum absolute atomic E-state index is 0.212. The van der Waals surface area contributed by atoms with Crippen molar-refractivity contribution in [1.82, 2.24) is 10.6 Å². The Kier molecular flexibility index (Phi) is 10.7. The average molecular weight is 289 g/mol. The molecule has 0 aromatic rings. The van der Waals surface area contributed by atoms with Crippen molar-refractivity contribution in [2.75, 3.05) is 12.8 Å². The number of hydrogen-bond acceptors (Lipinski definition) is 4. The highest BCUT2D eigenvalue weighted by molar-refractivity contribution is 8.00. The lowest BCUT2D eigenvalue weighted by Crippen LogP contribution is -2.48. The van der Waals surface area contributed by atoms with Gasteiger partial charge < -0.3 is 16.4 Å². The number of unbranched alkanes of at least 4 members (excludes halogenated alkanes) is 1. The Morgan fingerprint density at radius 3 is 2.63 bits per heavy atom. The van der Waals surface area contributed by atoms with Gasteiger partial charge in [0.25, 0.3) is 0 Å². The number of carbonyl (C=O) groups excluding carboxylic acids is 2. The second kappa shape index (κ2) is 11.1. The number of rotatable bonds is 8. The molecule has 1 aliphatic heterocycles. The van der Waals surface area contributed by atoms with E-state index in [1.807, 2.05) is 32.7 Å². The molecule has 1 fully saturated rings. The molecule has 5 nitrogen and oxygen atoms in total. The molecule has 0 aliphatic carbocycles. The van der Waals surface area contributed by atoms with Crippen molar-refractivity contribution in [2.45, 2.75) is 56.9 Å². The lowest BCUT2D eigenvalue weighted by Gasteiger charge is -2.22. The van der Waals surface area contributed by atoms with Gasteiger partial charge in [0.2, 0.25) is 12.3 Å². The van der Waals surface area contributed by atoms with Crippen molar-refractivity contribution in [3.05, 3.63) is 0 Å². The molecule has 0 aromatic heterocycles. The van der Waals surface area contributed by atoms with Gasteiger partial charge in [-0.25, -0.2) is 0 Å². The first-order valence-electron chi connectivity index (χ1n) is 6.96. The predicted octanol–water partition coefficient (Wildman–Crippen LogP) is 0.876. The molecule has 1 aliphatic rings. The minimum Gasteiger partial charge on any atom is -0.370 e. The quantitative estimate of drug-likeness (QED) is 0.457. The Morgan fingerprint density at radius 2 is 2.11 bits per heavy atom. The van der Waals surface area contributed by atoms with Gasteiger partial charge >= 0.3 is 0 Å². The molecule has 3 unspecified atom stereocenters. The third kappa shape index (κ3) is 6.82. The molecule has 0 aromatic carbocycles. The first-order chi connectivity index (χ1) is 9.19. The molecule has 19 heavy (non-hydrogen) atoms. The molecule has 1 saturated heterocycles. The SMILES string of the molecule is CC.CNC1C(NC=O)CSC1CCCCC(N)=O. The van der Waals surface area contributed by atoms with Crippen LogP contribution in [0.2, 0.25) is 0 Å². The van der Waals surface area contributed by atoms with Crippen LogP contribution in [0.4, 0.5) is 0 Å². The van der Waals surface area contributed by atoms with Crippen molar-refractivity contribution in [3.8, 4) is 0 Å². The highest BCUT2D eigenvalue weighted by Crippen LogP contribution is 2.30. The Bertz CT molecular complexity index is 264. The van der Waals surface area contributed by atoms with Gasteiger partial charge in [0.1, 0.15) is 0 Å². The van der Waals surface area contributed by atoms with Crippen LogP contribution in [-0.4, -0.2) is 42.5 Å². The number of amides is 2. The molecule has 0 saturated carbocycles. The summed E-state index contributed by atoms with van der Waals surface area (Å²) in [6.45, 7) is 4.00. The second-order valence-corrected chi connectivity index (χ2v) is 5.56. The zero-order chi connectivity index (χ0) is 14.7. The molecule has 4 N–H and O–H groups in total. The van der Waals surface area contributed by atoms with Gasteiger partial charge in [0.05, 0.1) is 6.04 Å². The number of nitrogens with one attached hydrogen (secondary N) is 2. The molecule has 3 atom stereocenters. The third-order valence-corrected chi connectivity index (χ3v) is 4.61. The number of likely N-dealkylation sites (N-methyl/N-ethyl adjacent to an activating group) is 1. The number of thioether (sulfide) groups is 1. The van der Waals surface area contributed by atoms with E-state index in [2.05, 4.69) is 10.6 Å². The average Bonchev–Trinajstić information content (AvgIpc) is 2.79. The highest BCUT2D eigenvalue weighted by Gasteiger charge is 2.34. The summed E-state index contributed by atoms with van der Waals surface area (Å²) in [5, 5.41) is 6.62. The Balaban J connectivity index is 0.00000154. The van der Waals surface area contributed by atoms with Crippen LogP contribution in [0.15, 0.2) is 0 Å². The van der Waals surface area contributed by atoms with Crippen LogP contribution in [0.1, 0.15) is 39.5 Å². The third-order valence-electron chi connectivity index (χ3n) is 3.10. The monoisotopic (exact) mass is 289 g/mol. The van der Waals surface area contributed by atoms with Crippen LogP contribution in [0.5, 0.6) is 0 Å². The van der Waals surface area contributed by atoms with Gasteiger partial charge in [-0.2, -0.15) is 11.8 Å². The fourth-order valence-electron chi connectivity index (χ4n) is 2.23.